The van der Waals surface area contributed by atoms with Crippen LogP contribution in [0.15, 0.2) is 47.1 Å². The molecule has 0 radical (unpaired) electrons. The van der Waals surface area contributed by atoms with Gasteiger partial charge >= 0.3 is 18.4 Å². The average Bonchev–Trinajstić information content (AvgIpc) is 3.54. The summed E-state index contributed by atoms with van der Waals surface area (Å²) in [5.74, 6) is -0.0482. The Kier molecular flexibility index (Phi) is 9.28. The number of rotatable bonds is 8. The van der Waals surface area contributed by atoms with E-state index in [0.29, 0.717) is 30.8 Å². The number of hydrogen-bond donors (Lipinski definition) is 0. The first-order chi connectivity index (χ1) is 22.2. The lowest BCUT2D eigenvalue weighted by molar-refractivity contribution is -0.101. The molecule has 0 bridgehead atoms. The second kappa shape index (κ2) is 12.6. The zero-order valence-electron chi connectivity index (χ0n) is 28.1. The molecule has 1 fully saturated rings. The lowest BCUT2D eigenvalue weighted by Crippen LogP contribution is -2.40. The normalized spacial score (nSPS) is 23.6. The van der Waals surface area contributed by atoms with Gasteiger partial charge in [0.2, 0.25) is 0 Å². The average molecular weight is 682 g/mol. The highest BCUT2D eigenvalue weighted by Crippen LogP contribution is 2.47. The van der Waals surface area contributed by atoms with Gasteiger partial charge in [-0.3, -0.25) is 4.90 Å². The van der Waals surface area contributed by atoms with Crippen molar-refractivity contribution < 1.29 is 40.6 Å². The summed E-state index contributed by atoms with van der Waals surface area (Å²) in [6.07, 6.45) is -8.96. The van der Waals surface area contributed by atoms with Crippen molar-refractivity contribution in [2.24, 2.45) is 18.4 Å². The number of ether oxygens (including phenoxy) is 2. The highest BCUT2D eigenvalue weighted by Gasteiger charge is 2.49. The third kappa shape index (κ3) is 7.41. The third-order valence-corrected chi connectivity index (χ3v) is 9.61. The van der Waals surface area contributed by atoms with E-state index in [2.05, 4.69) is 35.3 Å². The molecule has 0 N–H and O–H groups in total. The Morgan fingerprint density at radius 2 is 1.81 bits per heavy atom. The van der Waals surface area contributed by atoms with Gasteiger partial charge in [-0.2, -0.15) is 31.1 Å². The monoisotopic (exact) mass is 681 g/mol. The van der Waals surface area contributed by atoms with E-state index >= 15 is 0 Å². The predicted octanol–water partition coefficient (Wildman–Crippen LogP) is 7.91. The largest absolute Gasteiger partial charge is 0.496 e. The quantitative estimate of drug-likeness (QED) is 0.264. The fourth-order valence-electron chi connectivity index (χ4n) is 7.04. The van der Waals surface area contributed by atoms with Crippen molar-refractivity contribution in [2.75, 3.05) is 13.7 Å². The summed E-state index contributed by atoms with van der Waals surface area (Å²) in [5, 5.41) is 12.6. The topological polar surface area (TPSA) is 82.4 Å². The number of alkyl halides is 6. The van der Waals surface area contributed by atoms with Gasteiger partial charge in [0.15, 0.2) is 5.82 Å². The van der Waals surface area contributed by atoms with Crippen LogP contribution in [0.4, 0.5) is 31.1 Å². The maximum atomic E-state index is 13.7. The van der Waals surface area contributed by atoms with Gasteiger partial charge in [0.25, 0.3) is 0 Å². The molecule has 8 nitrogen and oxygen atoms in total. The van der Waals surface area contributed by atoms with E-state index in [1.54, 1.807) is 21.1 Å². The molecule has 1 saturated heterocycles. The minimum Gasteiger partial charge on any atom is -0.496 e. The van der Waals surface area contributed by atoms with Crippen LogP contribution in [0.3, 0.4) is 0 Å². The number of hydrogen-bond acceptors (Lipinski definition) is 6. The minimum absolute atomic E-state index is 0.113. The van der Waals surface area contributed by atoms with E-state index in [1.165, 1.54) is 9.70 Å². The number of amides is 1. The highest BCUT2D eigenvalue weighted by molar-refractivity contribution is 5.77. The van der Waals surface area contributed by atoms with Crippen LogP contribution in [0, 0.1) is 11.3 Å². The second-order valence-corrected chi connectivity index (χ2v) is 14.5. The molecule has 1 aromatic heterocycles. The SMILES string of the molecule is COc1ccc(CC(C)(C)c2nnn(C)n2)cc1C1=C(CN2C(=O)OC(C3C=C(C(F)(F)F)C=C(C(F)(F)F)C3)C2C)CC(C)(C)CC1. The number of benzene rings is 1. The Balaban J connectivity index is 1.47. The van der Waals surface area contributed by atoms with Crippen LogP contribution in [-0.4, -0.2) is 69.4 Å². The first kappa shape index (κ1) is 35.5. The van der Waals surface area contributed by atoms with Crippen molar-refractivity contribution >= 4 is 11.7 Å². The first-order valence-corrected chi connectivity index (χ1v) is 15.9. The maximum absolute atomic E-state index is 13.7. The number of nitrogens with zero attached hydrogens (tertiary/aromatic N) is 5. The molecular formula is C34H41F6N5O3. The summed E-state index contributed by atoms with van der Waals surface area (Å²) < 4.78 is 93.3. The molecule has 3 unspecified atom stereocenters. The summed E-state index contributed by atoms with van der Waals surface area (Å²) in [6.45, 7) is 10.0. The molecule has 48 heavy (non-hydrogen) atoms. The number of cyclic esters (lactones) is 1. The Morgan fingerprint density at radius 3 is 2.42 bits per heavy atom. The molecule has 262 valence electrons. The smallest absolute Gasteiger partial charge is 0.416 e. The Bertz CT molecular complexity index is 1650. The van der Waals surface area contributed by atoms with Crippen LogP contribution in [-0.2, 0) is 23.6 Å². The van der Waals surface area contributed by atoms with E-state index in [4.69, 9.17) is 9.47 Å². The number of methoxy groups -OCH3 is 1. The highest BCUT2D eigenvalue weighted by atomic mass is 19.4. The fourth-order valence-corrected chi connectivity index (χ4v) is 7.04. The summed E-state index contributed by atoms with van der Waals surface area (Å²) in [6, 6.07) is 5.16. The van der Waals surface area contributed by atoms with E-state index < -0.39 is 59.5 Å². The first-order valence-electron chi connectivity index (χ1n) is 15.9. The molecular weight excluding hydrogens is 640 g/mol. The molecule has 0 spiro atoms. The van der Waals surface area contributed by atoms with Gasteiger partial charge in [-0.1, -0.05) is 39.8 Å². The van der Waals surface area contributed by atoms with Crippen molar-refractivity contribution in [3.8, 4) is 5.75 Å². The van der Waals surface area contributed by atoms with Crippen LogP contribution in [0.1, 0.15) is 77.3 Å². The van der Waals surface area contributed by atoms with Crippen molar-refractivity contribution in [1.82, 2.24) is 25.1 Å². The number of aromatic nitrogens is 4. The maximum Gasteiger partial charge on any atom is 0.416 e. The Hall–Kier alpha value is -3.84. The molecule has 14 heteroatoms. The number of allylic oxidation sites excluding steroid dienone is 4. The van der Waals surface area contributed by atoms with Crippen LogP contribution in [0.25, 0.3) is 5.57 Å². The minimum atomic E-state index is -4.98. The summed E-state index contributed by atoms with van der Waals surface area (Å²) in [7, 11) is 3.29. The van der Waals surface area contributed by atoms with Gasteiger partial charge in [-0.05, 0) is 84.6 Å². The van der Waals surface area contributed by atoms with Gasteiger partial charge < -0.3 is 9.47 Å². The van der Waals surface area contributed by atoms with E-state index in [9.17, 15) is 31.1 Å². The Labute approximate surface area is 275 Å². The van der Waals surface area contributed by atoms with Gasteiger partial charge in [-0.15, -0.1) is 10.2 Å². The van der Waals surface area contributed by atoms with Crippen molar-refractivity contribution in [1.29, 1.82) is 0 Å². The number of carbonyl (C=O) groups is 1. The zero-order chi connectivity index (χ0) is 35.4. The summed E-state index contributed by atoms with van der Waals surface area (Å²) >= 11 is 0. The lowest BCUT2D eigenvalue weighted by Gasteiger charge is -2.36. The number of aryl methyl sites for hydroxylation is 1. The number of carbonyl (C=O) groups excluding carboxylic acids is 1. The van der Waals surface area contributed by atoms with Gasteiger partial charge in [0.1, 0.15) is 11.9 Å². The second-order valence-electron chi connectivity index (χ2n) is 14.5. The molecule has 1 aliphatic heterocycles. The van der Waals surface area contributed by atoms with Crippen LogP contribution >= 0.6 is 0 Å². The standard InChI is InChI=1S/C34H41F6N5O3/c1-19-28(21-13-23(33(35,36)37)15-24(14-21)34(38,39)40)48-30(46)45(19)18-22-17-31(2,3)11-10-25(22)26-12-20(8-9-27(26)47-7)16-32(4,5)29-41-43-44(6)42-29/h8-9,12-13,15,19,21,28H,10-11,14,16-18H2,1-7H3. The zero-order valence-corrected chi connectivity index (χ0v) is 28.1. The molecule has 1 amide bonds. The molecule has 3 aliphatic rings. The van der Waals surface area contributed by atoms with E-state index in [1.807, 2.05) is 26.0 Å². The van der Waals surface area contributed by atoms with Crippen LogP contribution in [0.2, 0.25) is 0 Å². The van der Waals surface area contributed by atoms with Crippen LogP contribution < -0.4 is 4.74 Å². The molecule has 2 heterocycles. The third-order valence-electron chi connectivity index (χ3n) is 9.61. The summed E-state index contributed by atoms with van der Waals surface area (Å²) in [4.78, 5) is 16.1. The van der Waals surface area contributed by atoms with E-state index in [0.717, 1.165) is 34.8 Å². The fraction of sp³-hybridized carbons (Fsp3) is 0.588. The Morgan fingerprint density at radius 1 is 1.10 bits per heavy atom. The molecule has 1 aromatic carbocycles. The number of halogens is 6. The van der Waals surface area contributed by atoms with Crippen molar-refractivity contribution in [3.05, 3.63) is 64.0 Å². The van der Waals surface area contributed by atoms with Crippen molar-refractivity contribution in [3.63, 3.8) is 0 Å². The predicted molar refractivity (Wildman–Crippen MR) is 166 cm³/mol. The molecule has 5 rings (SSSR count). The molecule has 2 aliphatic carbocycles. The van der Waals surface area contributed by atoms with Crippen LogP contribution in [0.5, 0.6) is 5.75 Å². The van der Waals surface area contributed by atoms with Gasteiger partial charge in [0, 0.05) is 29.0 Å². The van der Waals surface area contributed by atoms with Gasteiger partial charge in [-0.25, -0.2) is 4.79 Å². The summed E-state index contributed by atoms with van der Waals surface area (Å²) in [5.41, 5.74) is 0.562. The lowest BCUT2D eigenvalue weighted by atomic mass is 9.72. The molecule has 3 atom stereocenters. The molecule has 2 aromatic rings. The molecule has 0 saturated carbocycles. The van der Waals surface area contributed by atoms with E-state index in [-0.39, 0.29) is 18.0 Å². The van der Waals surface area contributed by atoms with Gasteiger partial charge in [0.05, 0.1) is 25.8 Å². The number of tetrazole rings is 1. The van der Waals surface area contributed by atoms with Crippen molar-refractivity contribution in [2.45, 2.75) is 96.6 Å².